The van der Waals surface area contributed by atoms with Crippen molar-refractivity contribution in [3.63, 3.8) is 0 Å². The number of rotatable bonds is 11. The van der Waals surface area contributed by atoms with Crippen molar-refractivity contribution in [2.45, 2.75) is 77.5 Å². The lowest BCUT2D eigenvalue weighted by Gasteiger charge is -2.30. The van der Waals surface area contributed by atoms with Crippen molar-refractivity contribution in [3.8, 4) is 33.6 Å². The number of hydrogen-bond acceptors (Lipinski definition) is 9. The molecule has 0 spiro atoms. The van der Waals surface area contributed by atoms with E-state index < -0.39 is 12.1 Å². The molecular formula is C41H52N10O4. The van der Waals surface area contributed by atoms with Gasteiger partial charge in [0.1, 0.15) is 23.7 Å². The van der Waals surface area contributed by atoms with Crippen LogP contribution in [0.15, 0.2) is 65.9 Å². The number of carbonyl (C=O) groups is 3. The summed E-state index contributed by atoms with van der Waals surface area (Å²) in [7, 11) is 1.30. The zero-order valence-electron chi connectivity index (χ0n) is 32.3. The molecule has 55 heavy (non-hydrogen) atoms. The minimum atomic E-state index is -0.678. The summed E-state index contributed by atoms with van der Waals surface area (Å²) >= 11 is 0. The number of aliphatic imine (C=N–C) groups is 1. The molecule has 2 fully saturated rings. The highest BCUT2D eigenvalue weighted by Crippen LogP contribution is 2.35. The van der Waals surface area contributed by atoms with Gasteiger partial charge in [-0.1, -0.05) is 76.2 Å². The lowest BCUT2D eigenvalue weighted by atomic mass is 10.0. The van der Waals surface area contributed by atoms with Gasteiger partial charge in [0.2, 0.25) is 11.8 Å². The van der Waals surface area contributed by atoms with Gasteiger partial charge in [-0.3, -0.25) is 14.6 Å². The van der Waals surface area contributed by atoms with Crippen LogP contribution in [0.5, 0.6) is 0 Å². The van der Waals surface area contributed by atoms with Crippen LogP contribution < -0.4 is 16.0 Å². The molecule has 0 radical (unpaired) electrons. The van der Waals surface area contributed by atoms with Gasteiger partial charge >= 0.3 is 6.09 Å². The summed E-state index contributed by atoms with van der Waals surface area (Å²) in [6, 6.07) is 15.4. The Labute approximate surface area is 321 Å². The van der Waals surface area contributed by atoms with Crippen molar-refractivity contribution in [1.29, 1.82) is 0 Å². The Balaban J connectivity index is 0.994. The second-order valence-electron chi connectivity index (χ2n) is 15.3. The van der Waals surface area contributed by atoms with Crippen LogP contribution in [0.3, 0.4) is 0 Å². The van der Waals surface area contributed by atoms with Gasteiger partial charge in [-0.25, -0.2) is 14.8 Å². The topological polar surface area (TPSA) is 173 Å². The fourth-order valence-electron chi connectivity index (χ4n) is 7.83. The van der Waals surface area contributed by atoms with Gasteiger partial charge in [0.05, 0.1) is 49.5 Å². The lowest BCUT2D eigenvalue weighted by Crippen LogP contribution is -2.53. The van der Waals surface area contributed by atoms with Crippen LogP contribution in [-0.2, 0) is 14.3 Å². The zero-order chi connectivity index (χ0) is 38.6. The van der Waals surface area contributed by atoms with E-state index in [0.717, 1.165) is 84.1 Å². The number of ether oxygens (including phenoxy) is 1. The van der Waals surface area contributed by atoms with Crippen molar-refractivity contribution in [2.24, 2.45) is 16.8 Å². The number of nitrogens with one attached hydrogen (secondary N) is 5. The summed E-state index contributed by atoms with van der Waals surface area (Å²) in [5, 5.41) is 9.27. The van der Waals surface area contributed by atoms with E-state index in [-0.39, 0.29) is 41.8 Å². The van der Waals surface area contributed by atoms with Crippen molar-refractivity contribution >= 4 is 23.9 Å². The van der Waals surface area contributed by atoms with Crippen molar-refractivity contribution in [1.82, 2.24) is 45.7 Å². The van der Waals surface area contributed by atoms with Gasteiger partial charge in [0.25, 0.3) is 0 Å². The first kappa shape index (κ1) is 37.6. The fraction of sp³-hybridized carbons (Fsp3) is 0.463. The minimum Gasteiger partial charge on any atom is -0.453 e. The molecule has 7 rings (SSSR count). The SMILES string of the molecule is COC(=O)N[C@H](C(=O)N1CCC[C@H]1c1ncc(-c2ccc(-c3ccc(-c4cnc([C@@H]5CCCN5C(=O)[C@@H](NC5=NCCN5)C(C)C)[nH]4)cc3)cc2)[nH]1)C(C)C. The number of carbonyl (C=O) groups excluding carboxylic acids is 3. The Kier molecular flexibility index (Phi) is 11.2. The maximum absolute atomic E-state index is 13.8. The van der Waals surface area contributed by atoms with Crippen molar-refractivity contribution in [3.05, 3.63) is 72.6 Å². The van der Waals surface area contributed by atoms with E-state index in [0.29, 0.717) is 19.0 Å². The number of benzene rings is 2. The van der Waals surface area contributed by atoms with Crippen LogP contribution in [-0.4, -0.2) is 99.0 Å². The van der Waals surface area contributed by atoms with Gasteiger partial charge < -0.3 is 40.5 Å². The number of hydrogen-bond donors (Lipinski definition) is 5. The highest BCUT2D eigenvalue weighted by atomic mass is 16.5. The average molecular weight is 749 g/mol. The molecule has 2 aromatic heterocycles. The summed E-state index contributed by atoms with van der Waals surface area (Å²) in [6.07, 6.45) is 6.50. The molecule has 5 N–H and O–H groups in total. The lowest BCUT2D eigenvalue weighted by molar-refractivity contribution is -0.136. The first-order chi connectivity index (χ1) is 26.6. The molecule has 3 aliphatic heterocycles. The van der Waals surface area contributed by atoms with Crippen LogP contribution in [0.4, 0.5) is 4.79 Å². The number of guanidine groups is 1. The molecule has 5 heterocycles. The first-order valence-corrected chi connectivity index (χ1v) is 19.4. The molecule has 14 heteroatoms. The molecule has 2 saturated heterocycles. The van der Waals surface area contributed by atoms with Crippen LogP contribution in [0, 0.1) is 11.8 Å². The van der Waals surface area contributed by atoms with Crippen molar-refractivity contribution in [2.75, 3.05) is 33.3 Å². The Morgan fingerprint density at radius 1 is 0.727 bits per heavy atom. The van der Waals surface area contributed by atoms with Gasteiger partial charge in [0.15, 0.2) is 5.96 Å². The maximum atomic E-state index is 13.8. The molecule has 14 nitrogen and oxygen atoms in total. The molecule has 290 valence electrons. The van der Waals surface area contributed by atoms with Gasteiger partial charge in [-0.15, -0.1) is 0 Å². The quantitative estimate of drug-likeness (QED) is 0.135. The molecule has 4 atom stereocenters. The number of amides is 3. The standard InChI is InChI=1S/C41H52N10O4/c1-24(2)34(48-40-42-18-19-43-40)38(52)50-20-6-8-32(50)36-44-22-30(46-36)28-14-10-26(11-15-28)27-12-16-29(17-13-27)31-23-45-37(47-31)33-9-7-21-51(33)39(53)35(25(3)4)49-41(54)55-5/h10-17,22-25,32-35H,6-9,18-21H2,1-5H3,(H,44,46)(H,45,47)(H,49,54)(H2,42,43,48)/t32-,33-,34-,35-/m0/s1. The Morgan fingerprint density at radius 2 is 1.20 bits per heavy atom. The number of alkyl carbamates (subject to hydrolysis) is 1. The van der Waals surface area contributed by atoms with Crippen LogP contribution >= 0.6 is 0 Å². The van der Waals surface area contributed by atoms with Gasteiger partial charge in [0, 0.05) is 19.6 Å². The third-order valence-corrected chi connectivity index (χ3v) is 10.9. The highest BCUT2D eigenvalue weighted by molar-refractivity contribution is 5.90. The van der Waals surface area contributed by atoms with E-state index in [1.54, 1.807) is 0 Å². The highest BCUT2D eigenvalue weighted by Gasteiger charge is 2.39. The summed E-state index contributed by atoms with van der Waals surface area (Å²) in [5.41, 5.74) is 5.97. The van der Waals surface area contributed by atoms with Gasteiger partial charge in [-0.2, -0.15) is 0 Å². The van der Waals surface area contributed by atoms with Crippen LogP contribution in [0.1, 0.15) is 77.1 Å². The maximum Gasteiger partial charge on any atom is 0.407 e. The summed E-state index contributed by atoms with van der Waals surface area (Å²) < 4.78 is 4.76. The zero-order valence-corrected chi connectivity index (χ0v) is 32.3. The number of imidazole rings is 2. The predicted molar refractivity (Wildman–Crippen MR) is 211 cm³/mol. The van der Waals surface area contributed by atoms with E-state index in [1.807, 2.05) is 36.0 Å². The number of methoxy groups -OCH3 is 1. The number of nitrogens with zero attached hydrogens (tertiary/aromatic N) is 5. The Hall–Kier alpha value is -5.66. The molecule has 0 unspecified atom stereocenters. The molecule has 2 aromatic carbocycles. The Morgan fingerprint density at radius 3 is 1.64 bits per heavy atom. The molecular weight excluding hydrogens is 697 g/mol. The average Bonchev–Trinajstić information content (AvgIpc) is 4.05. The smallest absolute Gasteiger partial charge is 0.407 e. The number of likely N-dealkylation sites (tertiary alicyclic amines) is 2. The van der Waals surface area contributed by atoms with E-state index in [4.69, 9.17) is 9.72 Å². The first-order valence-electron chi connectivity index (χ1n) is 19.4. The van der Waals surface area contributed by atoms with Crippen LogP contribution in [0.2, 0.25) is 0 Å². The van der Waals surface area contributed by atoms with Crippen LogP contribution in [0.25, 0.3) is 33.6 Å². The molecule has 3 amide bonds. The third-order valence-electron chi connectivity index (χ3n) is 10.9. The van der Waals surface area contributed by atoms with Gasteiger partial charge in [-0.05, 0) is 59.8 Å². The summed E-state index contributed by atoms with van der Waals surface area (Å²) in [6.45, 7) is 10.7. The number of aromatic nitrogens is 4. The number of H-pyrrole nitrogens is 2. The van der Waals surface area contributed by atoms with E-state index in [9.17, 15) is 14.4 Å². The molecule has 0 aliphatic carbocycles. The predicted octanol–water partition coefficient (Wildman–Crippen LogP) is 5.41. The Bertz CT molecular complexity index is 2000. The normalized spacial score (nSPS) is 19.4. The second-order valence-corrected chi connectivity index (χ2v) is 15.3. The summed E-state index contributed by atoms with van der Waals surface area (Å²) in [4.78, 5) is 63.9. The third kappa shape index (κ3) is 8.08. The molecule has 4 aromatic rings. The van der Waals surface area contributed by atoms with E-state index >= 15 is 0 Å². The van der Waals surface area contributed by atoms with E-state index in [2.05, 4.69) is 98.3 Å². The monoisotopic (exact) mass is 748 g/mol. The van der Waals surface area contributed by atoms with Crippen molar-refractivity contribution < 1.29 is 19.1 Å². The molecule has 0 saturated carbocycles. The molecule has 0 bridgehead atoms. The number of aromatic amines is 2. The molecule has 3 aliphatic rings. The second kappa shape index (κ2) is 16.4. The summed E-state index contributed by atoms with van der Waals surface area (Å²) in [5.74, 6) is 2.20. The minimum absolute atomic E-state index is 0.0776. The van der Waals surface area contributed by atoms with E-state index in [1.165, 1.54) is 7.11 Å². The fourth-order valence-corrected chi connectivity index (χ4v) is 7.83. The largest absolute Gasteiger partial charge is 0.453 e.